The fourth-order valence-electron chi connectivity index (χ4n) is 3.01. The van der Waals surface area contributed by atoms with Crippen molar-refractivity contribution in [1.29, 1.82) is 0 Å². The Bertz CT molecular complexity index is 996. The van der Waals surface area contributed by atoms with Gasteiger partial charge in [-0.25, -0.2) is 4.79 Å². The molecule has 0 aliphatic rings. The maximum absolute atomic E-state index is 12.2. The van der Waals surface area contributed by atoms with Gasteiger partial charge in [-0.05, 0) is 25.0 Å². The lowest BCUT2D eigenvalue weighted by molar-refractivity contribution is 0.271. The molecule has 2 aromatic carbocycles. The molecule has 6 heteroatoms. The molecule has 0 saturated carbocycles. The Morgan fingerprint density at radius 3 is 1.89 bits per heavy atom. The molecule has 0 spiro atoms. The average molecular weight is 362 g/mol. The Balaban J connectivity index is 1.95. The number of nitrogens with zero attached hydrogens (tertiary/aromatic N) is 2. The Hall–Kier alpha value is -3.41. The highest BCUT2D eigenvalue weighted by molar-refractivity contribution is 5.99. The molecule has 3 aromatic rings. The van der Waals surface area contributed by atoms with Gasteiger partial charge in [0.15, 0.2) is 0 Å². The summed E-state index contributed by atoms with van der Waals surface area (Å²) in [7, 11) is 0. The molecule has 0 saturated heterocycles. The summed E-state index contributed by atoms with van der Waals surface area (Å²) in [4.78, 5) is 28.5. The van der Waals surface area contributed by atoms with E-state index >= 15 is 0 Å². The number of H-pyrrole nitrogens is 2. The highest BCUT2D eigenvalue weighted by atomic mass is 16.2. The van der Waals surface area contributed by atoms with Gasteiger partial charge in [0, 0.05) is 5.69 Å². The molecular formula is C21H22N4O2. The number of benzene rings is 2. The molecule has 0 aliphatic carbocycles. The molecule has 0 amide bonds. The number of aromatic amines is 2. The van der Waals surface area contributed by atoms with Crippen LogP contribution in [0.25, 0.3) is 0 Å². The molecule has 0 atom stereocenters. The van der Waals surface area contributed by atoms with Crippen molar-refractivity contribution in [2.75, 3.05) is 0 Å². The van der Waals surface area contributed by atoms with Crippen molar-refractivity contribution < 1.29 is 0 Å². The van der Waals surface area contributed by atoms with Gasteiger partial charge in [0.25, 0.3) is 5.56 Å². The lowest BCUT2D eigenvalue weighted by atomic mass is 10.1. The van der Waals surface area contributed by atoms with Crippen LogP contribution in [0.3, 0.4) is 0 Å². The second-order valence-electron chi connectivity index (χ2n) is 6.39. The molecule has 1 heterocycles. The molecule has 1 aromatic heterocycles. The maximum atomic E-state index is 12.2. The topological polar surface area (TPSA) is 81.3 Å². The van der Waals surface area contributed by atoms with Gasteiger partial charge in [0.1, 0.15) is 0 Å². The first kappa shape index (κ1) is 18.4. The summed E-state index contributed by atoms with van der Waals surface area (Å²) >= 11 is 0. The first-order valence-electron chi connectivity index (χ1n) is 8.74. The first-order valence-corrected chi connectivity index (χ1v) is 8.74. The normalized spacial score (nSPS) is 11.4. The number of nitrogens with one attached hydrogen (secondary N) is 2. The third-order valence-electron chi connectivity index (χ3n) is 4.20. The van der Waals surface area contributed by atoms with Gasteiger partial charge in [-0.15, -0.1) is 0 Å². The summed E-state index contributed by atoms with van der Waals surface area (Å²) in [5.74, 6) is 0. The number of hydrogen-bond donors (Lipinski definition) is 2. The van der Waals surface area contributed by atoms with E-state index in [2.05, 4.69) is 9.97 Å². The minimum Gasteiger partial charge on any atom is -0.311 e. The van der Waals surface area contributed by atoms with Crippen LogP contribution < -0.4 is 11.2 Å². The number of rotatable bonds is 6. The number of aryl methyl sites for hydroxylation is 1. The summed E-state index contributed by atoms with van der Waals surface area (Å²) < 4.78 is 0. The van der Waals surface area contributed by atoms with Crippen molar-refractivity contribution in [3.05, 3.63) is 104 Å². The largest absolute Gasteiger partial charge is 0.325 e. The van der Waals surface area contributed by atoms with Crippen LogP contribution in [0.2, 0.25) is 0 Å². The van der Waals surface area contributed by atoms with Crippen molar-refractivity contribution in [3.63, 3.8) is 0 Å². The summed E-state index contributed by atoms with van der Waals surface area (Å²) in [5, 5.41) is 6.62. The molecular weight excluding hydrogens is 340 g/mol. The maximum Gasteiger partial charge on any atom is 0.325 e. The Morgan fingerprint density at radius 1 is 0.889 bits per heavy atom. The third kappa shape index (κ3) is 4.82. The zero-order chi connectivity index (χ0) is 19.2. The number of hydrogen-bond acceptors (Lipinski definition) is 4. The van der Waals surface area contributed by atoms with E-state index < -0.39 is 11.2 Å². The standard InChI is InChI=1S/C21H22N4O2/c1-15-19(20(26)23-21(27)22-15)16(2)24-25(13-17-9-5-3-6-10-17)14-18-11-7-4-8-12-18/h3-12H,13-14H2,1-2H3,(H2,22,23,26,27). The second-order valence-corrected chi connectivity index (χ2v) is 6.39. The molecule has 0 fully saturated rings. The van der Waals surface area contributed by atoms with Crippen molar-refractivity contribution in [3.8, 4) is 0 Å². The van der Waals surface area contributed by atoms with E-state index in [-0.39, 0.29) is 0 Å². The van der Waals surface area contributed by atoms with E-state index in [1.54, 1.807) is 13.8 Å². The van der Waals surface area contributed by atoms with E-state index in [1.807, 2.05) is 65.7 Å². The molecule has 2 N–H and O–H groups in total. The van der Waals surface area contributed by atoms with Gasteiger partial charge >= 0.3 is 5.69 Å². The summed E-state index contributed by atoms with van der Waals surface area (Å²) in [5.41, 5.74) is 2.74. The Morgan fingerprint density at radius 2 is 1.41 bits per heavy atom. The minimum atomic E-state index is -0.514. The fourth-order valence-corrected chi connectivity index (χ4v) is 3.01. The molecule has 0 unspecified atom stereocenters. The average Bonchev–Trinajstić information content (AvgIpc) is 2.62. The van der Waals surface area contributed by atoms with Gasteiger partial charge in [-0.3, -0.25) is 14.8 Å². The first-order chi connectivity index (χ1) is 13.0. The smallest absolute Gasteiger partial charge is 0.311 e. The summed E-state index contributed by atoms with van der Waals surface area (Å²) in [6.45, 7) is 4.68. The SMILES string of the molecule is CC(=NN(Cc1ccccc1)Cc1ccccc1)c1c(C)[nH]c(=O)[nH]c1=O. The van der Waals surface area contributed by atoms with Crippen LogP contribution in [0.1, 0.15) is 29.3 Å². The molecule has 0 bridgehead atoms. The van der Waals surface area contributed by atoms with Crippen molar-refractivity contribution in [2.24, 2.45) is 5.10 Å². The fraction of sp³-hybridized carbons (Fsp3) is 0.190. The van der Waals surface area contributed by atoms with Crippen LogP contribution in [0, 0.1) is 6.92 Å². The molecule has 27 heavy (non-hydrogen) atoms. The van der Waals surface area contributed by atoms with Crippen LogP contribution in [0.15, 0.2) is 75.4 Å². The second kappa shape index (κ2) is 8.31. The summed E-state index contributed by atoms with van der Waals surface area (Å²) in [6.07, 6.45) is 0. The van der Waals surface area contributed by atoms with Crippen LogP contribution in [-0.4, -0.2) is 20.7 Å². The zero-order valence-corrected chi connectivity index (χ0v) is 15.4. The van der Waals surface area contributed by atoms with Crippen molar-refractivity contribution >= 4 is 5.71 Å². The lowest BCUT2D eigenvalue weighted by Crippen LogP contribution is -2.30. The van der Waals surface area contributed by atoms with Gasteiger partial charge in [-0.1, -0.05) is 60.7 Å². The number of aromatic nitrogens is 2. The Kier molecular flexibility index (Phi) is 5.66. The highest BCUT2D eigenvalue weighted by Gasteiger charge is 2.12. The van der Waals surface area contributed by atoms with Crippen LogP contribution >= 0.6 is 0 Å². The predicted octanol–water partition coefficient (Wildman–Crippen LogP) is 2.80. The van der Waals surface area contributed by atoms with Crippen LogP contribution in [0.5, 0.6) is 0 Å². The highest BCUT2D eigenvalue weighted by Crippen LogP contribution is 2.12. The van der Waals surface area contributed by atoms with Gasteiger partial charge in [0.05, 0.1) is 24.4 Å². The van der Waals surface area contributed by atoms with Crippen molar-refractivity contribution in [1.82, 2.24) is 15.0 Å². The van der Waals surface area contributed by atoms with E-state index in [0.29, 0.717) is 30.1 Å². The quantitative estimate of drug-likeness (QED) is 0.523. The van der Waals surface area contributed by atoms with E-state index in [4.69, 9.17) is 5.10 Å². The third-order valence-corrected chi connectivity index (χ3v) is 4.20. The van der Waals surface area contributed by atoms with Gasteiger partial charge < -0.3 is 4.98 Å². The van der Waals surface area contributed by atoms with Crippen LogP contribution in [-0.2, 0) is 13.1 Å². The molecule has 0 radical (unpaired) electrons. The zero-order valence-electron chi connectivity index (χ0n) is 15.4. The van der Waals surface area contributed by atoms with Crippen molar-refractivity contribution in [2.45, 2.75) is 26.9 Å². The van der Waals surface area contributed by atoms with Gasteiger partial charge in [-0.2, -0.15) is 5.10 Å². The predicted molar refractivity (Wildman–Crippen MR) is 107 cm³/mol. The molecule has 138 valence electrons. The molecule has 0 aliphatic heterocycles. The molecule has 3 rings (SSSR count). The minimum absolute atomic E-state index is 0.390. The summed E-state index contributed by atoms with van der Waals surface area (Å²) in [6, 6.07) is 20.1. The van der Waals surface area contributed by atoms with E-state index in [0.717, 1.165) is 11.1 Å². The molecule has 6 nitrogen and oxygen atoms in total. The lowest BCUT2D eigenvalue weighted by Gasteiger charge is -2.21. The van der Waals surface area contributed by atoms with E-state index in [9.17, 15) is 9.59 Å². The van der Waals surface area contributed by atoms with Gasteiger partial charge in [0.2, 0.25) is 0 Å². The van der Waals surface area contributed by atoms with E-state index in [1.165, 1.54) is 0 Å². The number of hydrazone groups is 1. The van der Waals surface area contributed by atoms with Crippen LogP contribution in [0.4, 0.5) is 0 Å². The monoisotopic (exact) mass is 362 g/mol. The Labute approximate surface area is 157 Å².